The molecule has 1 atom stereocenters. The Morgan fingerprint density at radius 1 is 1.42 bits per heavy atom. The topological polar surface area (TPSA) is 50.7 Å². The van der Waals surface area contributed by atoms with E-state index < -0.39 is 0 Å². The van der Waals surface area contributed by atoms with Gasteiger partial charge in [-0.2, -0.15) is 5.10 Å². The minimum atomic E-state index is -0.233. The number of carbonyl (C=O) groups excluding carboxylic acids is 1. The Morgan fingerprint density at radius 2 is 2.12 bits per heavy atom. The second-order valence-electron chi connectivity index (χ2n) is 5.99. The van der Waals surface area contributed by atoms with Crippen molar-refractivity contribution in [2.45, 2.75) is 26.7 Å². The van der Waals surface area contributed by atoms with Crippen molar-refractivity contribution < 1.29 is 9.53 Å². The van der Waals surface area contributed by atoms with Gasteiger partial charge in [-0.3, -0.25) is 4.79 Å². The van der Waals surface area contributed by atoms with Crippen LogP contribution >= 0.6 is 0 Å². The smallest absolute Gasteiger partial charge is 0.271 e. The second kappa shape index (κ2) is 8.29. The van der Waals surface area contributed by atoms with Crippen LogP contribution < -0.4 is 10.2 Å². The molecule has 0 saturated heterocycles. The summed E-state index contributed by atoms with van der Waals surface area (Å²) in [5.41, 5.74) is 6.35. The summed E-state index contributed by atoms with van der Waals surface area (Å²) in [5, 5.41) is 4.31. The molecule has 1 aliphatic rings. The monoisotopic (exact) mass is 324 g/mol. The number of nitrogens with zero attached hydrogens (tertiary/aromatic N) is 1. The maximum atomic E-state index is 12.2. The zero-order chi connectivity index (χ0) is 17.5. The van der Waals surface area contributed by atoms with Crippen LogP contribution in [0.3, 0.4) is 0 Å². The molecule has 0 heterocycles. The number of ether oxygens (including phenoxy) is 1. The van der Waals surface area contributed by atoms with Crippen LogP contribution in [0.2, 0.25) is 0 Å². The Hall–Kier alpha value is -2.62. The normalized spacial score (nSPS) is 18.7. The van der Waals surface area contributed by atoms with E-state index in [-0.39, 0.29) is 5.91 Å². The fourth-order valence-electron chi connectivity index (χ4n) is 2.46. The summed E-state index contributed by atoms with van der Waals surface area (Å²) in [5.74, 6) is 0.863. The highest BCUT2D eigenvalue weighted by atomic mass is 16.5. The highest BCUT2D eigenvalue weighted by molar-refractivity contribution is 6.02. The fraction of sp³-hybridized carbons (Fsp3) is 0.300. The molecular weight excluding hydrogens is 300 g/mol. The molecule has 0 bridgehead atoms. The van der Waals surface area contributed by atoms with Gasteiger partial charge in [0, 0.05) is 5.56 Å². The molecule has 0 saturated carbocycles. The lowest BCUT2D eigenvalue weighted by molar-refractivity contribution is 0.0954. The summed E-state index contributed by atoms with van der Waals surface area (Å²) < 4.78 is 5.40. The standard InChI is InChI=1S/C20H24N2O2/c1-5-12-24-18-10-8-16(9-11-18)20(23)22-21-19-13-17(14(2)3)7-6-15(19)4/h5-6,8-11,17H,1-2,7,12-13H2,3-4H3,(H,22,23). The summed E-state index contributed by atoms with van der Waals surface area (Å²) in [6.45, 7) is 12.1. The molecule has 2 rings (SSSR count). The summed E-state index contributed by atoms with van der Waals surface area (Å²) in [6, 6.07) is 6.95. The third-order valence-corrected chi connectivity index (χ3v) is 4.08. The predicted molar refractivity (Wildman–Crippen MR) is 98.3 cm³/mol. The Kier molecular flexibility index (Phi) is 6.13. The van der Waals surface area contributed by atoms with Crippen LogP contribution in [0.5, 0.6) is 5.75 Å². The van der Waals surface area contributed by atoms with Crippen molar-refractivity contribution in [3.63, 3.8) is 0 Å². The Labute approximate surface area is 143 Å². The van der Waals surface area contributed by atoms with Gasteiger partial charge in [-0.05, 0) is 62.4 Å². The van der Waals surface area contributed by atoms with E-state index in [4.69, 9.17) is 4.74 Å². The summed E-state index contributed by atoms with van der Waals surface area (Å²) in [4.78, 5) is 12.2. The first-order chi connectivity index (χ1) is 11.5. The molecule has 1 aliphatic carbocycles. The van der Waals surface area contributed by atoms with Crippen LogP contribution in [-0.2, 0) is 0 Å². The molecule has 1 aromatic rings. The number of allylic oxidation sites excluding steroid dienone is 3. The maximum absolute atomic E-state index is 12.2. The van der Waals surface area contributed by atoms with E-state index in [0.717, 1.165) is 29.7 Å². The molecule has 0 aliphatic heterocycles. The molecule has 0 radical (unpaired) electrons. The summed E-state index contributed by atoms with van der Waals surface area (Å²) in [7, 11) is 0. The highest BCUT2D eigenvalue weighted by Gasteiger charge is 2.18. The molecule has 0 spiro atoms. The molecular formula is C20H24N2O2. The quantitative estimate of drug-likeness (QED) is 0.627. The zero-order valence-corrected chi connectivity index (χ0v) is 14.3. The van der Waals surface area contributed by atoms with Gasteiger partial charge in [0.15, 0.2) is 0 Å². The summed E-state index contributed by atoms with van der Waals surface area (Å²) >= 11 is 0. The SMILES string of the molecule is C=CCOc1ccc(C(=O)NN=C2CC(C(=C)C)CC=C2C)cc1. The lowest BCUT2D eigenvalue weighted by atomic mass is 9.85. The van der Waals surface area contributed by atoms with Crippen LogP contribution in [0.4, 0.5) is 0 Å². The van der Waals surface area contributed by atoms with Crippen LogP contribution in [0, 0.1) is 5.92 Å². The van der Waals surface area contributed by atoms with Crippen molar-refractivity contribution in [2.24, 2.45) is 11.0 Å². The minimum absolute atomic E-state index is 0.233. The zero-order valence-electron chi connectivity index (χ0n) is 14.3. The number of hydrogen-bond donors (Lipinski definition) is 1. The van der Waals surface area contributed by atoms with E-state index in [1.54, 1.807) is 30.3 Å². The van der Waals surface area contributed by atoms with Gasteiger partial charge >= 0.3 is 0 Å². The van der Waals surface area contributed by atoms with Crippen molar-refractivity contribution in [1.82, 2.24) is 5.43 Å². The van der Waals surface area contributed by atoms with Gasteiger partial charge in [0.1, 0.15) is 12.4 Å². The van der Waals surface area contributed by atoms with E-state index in [1.807, 2.05) is 13.8 Å². The number of rotatable bonds is 6. The molecule has 4 nitrogen and oxygen atoms in total. The summed E-state index contributed by atoms with van der Waals surface area (Å²) in [6.07, 6.45) is 5.63. The molecule has 24 heavy (non-hydrogen) atoms. The van der Waals surface area contributed by atoms with E-state index in [9.17, 15) is 4.79 Å². The molecule has 1 amide bonds. The lowest BCUT2D eigenvalue weighted by Crippen LogP contribution is -2.23. The number of hydrogen-bond acceptors (Lipinski definition) is 3. The third-order valence-electron chi connectivity index (χ3n) is 4.08. The number of nitrogens with one attached hydrogen (secondary N) is 1. The number of benzene rings is 1. The average Bonchev–Trinajstić information content (AvgIpc) is 2.59. The maximum Gasteiger partial charge on any atom is 0.271 e. The fourth-order valence-corrected chi connectivity index (χ4v) is 2.46. The number of carbonyl (C=O) groups is 1. The van der Waals surface area contributed by atoms with Gasteiger partial charge in [-0.1, -0.05) is 30.9 Å². The third kappa shape index (κ3) is 4.69. The number of amides is 1. The van der Waals surface area contributed by atoms with Crippen molar-refractivity contribution in [1.29, 1.82) is 0 Å². The van der Waals surface area contributed by atoms with Crippen molar-refractivity contribution >= 4 is 11.6 Å². The lowest BCUT2D eigenvalue weighted by Gasteiger charge is -2.22. The van der Waals surface area contributed by atoms with E-state index in [2.05, 4.69) is 29.8 Å². The first-order valence-corrected chi connectivity index (χ1v) is 8.04. The predicted octanol–water partition coefficient (Wildman–Crippen LogP) is 4.27. The van der Waals surface area contributed by atoms with Gasteiger partial charge in [0.2, 0.25) is 0 Å². The highest BCUT2D eigenvalue weighted by Crippen LogP contribution is 2.26. The van der Waals surface area contributed by atoms with Gasteiger partial charge in [0.05, 0.1) is 5.71 Å². The molecule has 126 valence electrons. The van der Waals surface area contributed by atoms with Gasteiger partial charge in [-0.15, -0.1) is 0 Å². The second-order valence-corrected chi connectivity index (χ2v) is 5.99. The van der Waals surface area contributed by atoms with Crippen molar-refractivity contribution in [3.8, 4) is 5.75 Å². The van der Waals surface area contributed by atoms with Crippen molar-refractivity contribution in [2.75, 3.05) is 6.61 Å². The largest absolute Gasteiger partial charge is 0.490 e. The van der Waals surface area contributed by atoms with E-state index >= 15 is 0 Å². The van der Waals surface area contributed by atoms with Crippen LogP contribution in [0.25, 0.3) is 0 Å². The van der Waals surface area contributed by atoms with E-state index in [0.29, 0.717) is 23.8 Å². The first kappa shape index (κ1) is 17.7. The average molecular weight is 324 g/mol. The molecule has 4 heteroatoms. The minimum Gasteiger partial charge on any atom is -0.490 e. The molecule has 0 fully saturated rings. The van der Waals surface area contributed by atoms with Crippen LogP contribution in [0.15, 0.2) is 65.8 Å². The van der Waals surface area contributed by atoms with Gasteiger partial charge < -0.3 is 4.74 Å². The van der Waals surface area contributed by atoms with Crippen molar-refractivity contribution in [3.05, 3.63) is 66.3 Å². The van der Waals surface area contributed by atoms with Gasteiger partial charge in [-0.25, -0.2) is 5.43 Å². The Bertz CT molecular complexity index is 684. The number of hydrazone groups is 1. The molecule has 1 N–H and O–H groups in total. The van der Waals surface area contributed by atoms with Crippen LogP contribution in [0.1, 0.15) is 37.0 Å². The van der Waals surface area contributed by atoms with Crippen LogP contribution in [-0.4, -0.2) is 18.2 Å². The Morgan fingerprint density at radius 3 is 2.75 bits per heavy atom. The van der Waals surface area contributed by atoms with E-state index in [1.165, 1.54) is 0 Å². The molecule has 1 aromatic carbocycles. The first-order valence-electron chi connectivity index (χ1n) is 8.04. The molecule has 1 unspecified atom stereocenters. The Balaban J connectivity index is 2.01. The molecule has 0 aromatic heterocycles. The van der Waals surface area contributed by atoms with Gasteiger partial charge in [0.25, 0.3) is 5.91 Å².